The van der Waals surface area contributed by atoms with Crippen LogP contribution in [0.1, 0.15) is 27.7 Å². The molecule has 5 nitrogen and oxygen atoms in total. The number of carbonyl (C=O) groups is 1. The van der Waals surface area contributed by atoms with Crippen molar-refractivity contribution < 1.29 is 18.6 Å². The monoisotopic (exact) mass is 237 g/mol. The van der Waals surface area contributed by atoms with E-state index in [9.17, 15) is 9.36 Å². The summed E-state index contributed by atoms with van der Waals surface area (Å²) in [6.07, 6.45) is 0.352. The molecular weight excluding hydrogens is 217 g/mol. The van der Waals surface area contributed by atoms with E-state index in [0.717, 1.165) is 0 Å². The zero-order valence-electron chi connectivity index (χ0n) is 9.78. The maximum absolute atomic E-state index is 12.0. The van der Waals surface area contributed by atoms with Crippen molar-refractivity contribution in [1.29, 1.82) is 0 Å². The predicted octanol–water partition coefficient (Wildman–Crippen LogP) is 1.78. The van der Waals surface area contributed by atoms with Gasteiger partial charge >= 0.3 is 5.97 Å². The molecule has 0 spiro atoms. The Hall–Kier alpha value is -0.380. The van der Waals surface area contributed by atoms with Crippen LogP contribution in [0, 0.1) is 0 Å². The summed E-state index contributed by atoms with van der Waals surface area (Å²) in [6, 6.07) is -0.609. The number of rotatable bonds is 7. The van der Waals surface area contributed by atoms with Gasteiger partial charge < -0.3 is 9.26 Å². The Morgan fingerprint density at radius 1 is 1.33 bits per heavy atom. The van der Waals surface area contributed by atoms with Gasteiger partial charge in [-0.1, -0.05) is 6.92 Å². The quantitative estimate of drug-likeness (QED) is 0.540. The fourth-order valence-electron chi connectivity index (χ4n) is 1.04. The third-order valence-electron chi connectivity index (χ3n) is 1.78. The Morgan fingerprint density at radius 3 is 2.33 bits per heavy atom. The fourth-order valence-corrected chi connectivity index (χ4v) is 2.60. The second kappa shape index (κ2) is 6.99. The molecule has 0 amide bonds. The van der Waals surface area contributed by atoms with Gasteiger partial charge in [-0.2, -0.15) is 0 Å². The summed E-state index contributed by atoms with van der Waals surface area (Å²) >= 11 is 0. The van der Waals surface area contributed by atoms with Crippen LogP contribution in [-0.4, -0.2) is 31.4 Å². The molecule has 0 heterocycles. The molecule has 2 atom stereocenters. The maximum Gasteiger partial charge on any atom is 0.323 e. The third kappa shape index (κ3) is 5.30. The molecule has 15 heavy (non-hydrogen) atoms. The lowest BCUT2D eigenvalue weighted by Gasteiger charge is -2.20. The normalized spacial score (nSPS) is 16.8. The molecule has 1 N–H and O–H groups in total. The van der Waals surface area contributed by atoms with Crippen LogP contribution in [0.15, 0.2) is 0 Å². The van der Waals surface area contributed by atoms with Crippen LogP contribution in [0.3, 0.4) is 0 Å². The van der Waals surface area contributed by atoms with Gasteiger partial charge in [0.15, 0.2) is 0 Å². The summed E-state index contributed by atoms with van der Waals surface area (Å²) in [4.78, 5) is 11.3. The van der Waals surface area contributed by atoms with Crippen molar-refractivity contribution in [3.05, 3.63) is 0 Å². The van der Waals surface area contributed by atoms with Crippen LogP contribution in [0.4, 0.5) is 0 Å². The maximum atomic E-state index is 12.0. The summed E-state index contributed by atoms with van der Waals surface area (Å²) in [7, 11) is -2.88. The molecular formula is C9H20NO4P. The summed E-state index contributed by atoms with van der Waals surface area (Å²) < 4.78 is 21.9. The first-order chi connectivity index (χ1) is 6.99. The van der Waals surface area contributed by atoms with Crippen LogP contribution in [0.2, 0.25) is 0 Å². The molecule has 0 aromatic carbocycles. The van der Waals surface area contributed by atoms with Crippen molar-refractivity contribution in [2.75, 3.05) is 19.4 Å². The lowest BCUT2D eigenvalue weighted by molar-refractivity contribution is -0.144. The Kier molecular flexibility index (Phi) is 6.81. The highest BCUT2D eigenvalue weighted by atomic mass is 31.2. The van der Waals surface area contributed by atoms with E-state index in [1.54, 1.807) is 27.7 Å². The molecule has 0 saturated heterocycles. The molecule has 0 radical (unpaired) electrons. The van der Waals surface area contributed by atoms with E-state index in [4.69, 9.17) is 9.26 Å². The third-order valence-corrected chi connectivity index (χ3v) is 4.07. The average Bonchev–Trinajstić information content (AvgIpc) is 2.18. The van der Waals surface area contributed by atoms with Crippen molar-refractivity contribution >= 4 is 13.5 Å². The lowest BCUT2D eigenvalue weighted by Crippen LogP contribution is -2.34. The summed E-state index contributed by atoms with van der Waals surface area (Å²) in [5.74, 6) is -0.411. The summed E-state index contributed by atoms with van der Waals surface area (Å²) in [5, 5.41) is 2.69. The van der Waals surface area contributed by atoms with Gasteiger partial charge in [0.2, 0.25) is 0 Å². The van der Waals surface area contributed by atoms with Crippen LogP contribution < -0.4 is 5.09 Å². The second-order valence-electron chi connectivity index (χ2n) is 3.01. The first-order valence-electron chi connectivity index (χ1n) is 5.17. The van der Waals surface area contributed by atoms with Crippen LogP contribution in [0.25, 0.3) is 0 Å². The minimum atomic E-state index is -2.88. The van der Waals surface area contributed by atoms with E-state index in [-0.39, 0.29) is 0 Å². The number of hydrogen-bond acceptors (Lipinski definition) is 4. The number of hydrogen-bond donors (Lipinski definition) is 1. The SMILES string of the molecule is CCOC(=O)C(C)NP(=O)(CC)OCC. The molecule has 0 aliphatic carbocycles. The molecule has 0 fully saturated rings. The molecule has 0 aromatic heterocycles. The molecule has 6 heteroatoms. The van der Waals surface area contributed by atoms with Crippen LogP contribution in [-0.2, 0) is 18.6 Å². The summed E-state index contributed by atoms with van der Waals surface area (Å²) in [6.45, 7) is 7.52. The topological polar surface area (TPSA) is 64.6 Å². The smallest absolute Gasteiger partial charge is 0.323 e. The van der Waals surface area contributed by atoms with Crippen molar-refractivity contribution in [2.24, 2.45) is 0 Å². The Morgan fingerprint density at radius 2 is 1.93 bits per heavy atom. The fraction of sp³-hybridized carbons (Fsp3) is 0.889. The minimum Gasteiger partial charge on any atom is -0.465 e. The molecule has 0 rings (SSSR count). The molecule has 90 valence electrons. The highest BCUT2D eigenvalue weighted by Crippen LogP contribution is 2.42. The van der Waals surface area contributed by atoms with E-state index >= 15 is 0 Å². The summed E-state index contributed by atoms with van der Waals surface area (Å²) in [5.41, 5.74) is 0. The zero-order valence-corrected chi connectivity index (χ0v) is 10.7. The van der Waals surface area contributed by atoms with Crippen molar-refractivity contribution in [3.63, 3.8) is 0 Å². The van der Waals surface area contributed by atoms with Gasteiger partial charge in [0, 0.05) is 6.16 Å². The predicted molar refractivity (Wildman–Crippen MR) is 59.0 cm³/mol. The lowest BCUT2D eigenvalue weighted by atomic mass is 10.4. The van der Waals surface area contributed by atoms with Gasteiger partial charge in [-0.25, -0.2) is 5.09 Å². The first kappa shape index (κ1) is 14.6. The minimum absolute atomic E-state index is 0.315. The standard InChI is InChI=1S/C9H20NO4P/c1-5-13-9(11)8(4)10-15(12,7-3)14-6-2/h8H,5-7H2,1-4H3,(H,10,12). The van der Waals surface area contributed by atoms with Gasteiger partial charge in [0.25, 0.3) is 7.52 Å². The second-order valence-corrected chi connectivity index (χ2v) is 5.51. The largest absolute Gasteiger partial charge is 0.465 e. The van der Waals surface area contributed by atoms with Gasteiger partial charge in [-0.05, 0) is 20.8 Å². The van der Waals surface area contributed by atoms with Crippen LogP contribution >= 0.6 is 7.52 Å². The van der Waals surface area contributed by atoms with Gasteiger partial charge in [0.05, 0.1) is 13.2 Å². The molecule has 0 saturated carbocycles. The number of carbonyl (C=O) groups excluding carboxylic acids is 1. The van der Waals surface area contributed by atoms with E-state index in [1.807, 2.05) is 0 Å². The van der Waals surface area contributed by atoms with E-state index in [1.165, 1.54) is 0 Å². The number of esters is 1. The molecule has 0 aliphatic heterocycles. The van der Waals surface area contributed by atoms with E-state index in [2.05, 4.69) is 5.09 Å². The van der Waals surface area contributed by atoms with Gasteiger partial charge in [-0.15, -0.1) is 0 Å². The molecule has 0 bridgehead atoms. The first-order valence-corrected chi connectivity index (χ1v) is 6.98. The van der Waals surface area contributed by atoms with Crippen molar-refractivity contribution in [1.82, 2.24) is 5.09 Å². The average molecular weight is 237 g/mol. The van der Waals surface area contributed by atoms with E-state index in [0.29, 0.717) is 19.4 Å². The number of ether oxygens (including phenoxy) is 1. The number of nitrogens with one attached hydrogen (secondary N) is 1. The molecule has 0 aliphatic rings. The van der Waals surface area contributed by atoms with Crippen molar-refractivity contribution in [2.45, 2.75) is 33.7 Å². The Labute approximate surface area is 91.0 Å². The molecule has 2 unspecified atom stereocenters. The highest BCUT2D eigenvalue weighted by Gasteiger charge is 2.26. The Balaban J connectivity index is 4.29. The molecule has 0 aromatic rings. The van der Waals surface area contributed by atoms with Gasteiger partial charge in [-0.3, -0.25) is 9.36 Å². The van der Waals surface area contributed by atoms with E-state index < -0.39 is 19.5 Å². The van der Waals surface area contributed by atoms with Gasteiger partial charge in [0.1, 0.15) is 6.04 Å². The van der Waals surface area contributed by atoms with Crippen LogP contribution in [0.5, 0.6) is 0 Å². The Bertz CT molecular complexity index is 244. The van der Waals surface area contributed by atoms with Crippen molar-refractivity contribution in [3.8, 4) is 0 Å². The highest BCUT2D eigenvalue weighted by molar-refractivity contribution is 7.56. The zero-order chi connectivity index (χ0) is 11.9.